The van der Waals surface area contributed by atoms with Crippen molar-refractivity contribution in [1.29, 1.82) is 0 Å². The van der Waals surface area contributed by atoms with Crippen molar-refractivity contribution in [2.24, 2.45) is 0 Å². The Kier molecular flexibility index (Phi) is 3.45. The molecule has 0 saturated carbocycles. The molecule has 4 nitrogen and oxygen atoms in total. The molecule has 0 amide bonds. The Hall–Kier alpha value is -1.33. The van der Waals surface area contributed by atoms with Gasteiger partial charge in [-0.3, -0.25) is 0 Å². The Morgan fingerprint density at radius 1 is 1.26 bits per heavy atom. The Bertz CT molecular complexity index is 483. The van der Waals surface area contributed by atoms with E-state index in [4.69, 9.17) is 14.0 Å². The van der Waals surface area contributed by atoms with Gasteiger partial charge in [0.1, 0.15) is 0 Å². The van der Waals surface area contributed by atoms with Crippen LogP contribution in [-0.2, 0) is 9.31 Å². The monoisotopic (exact) mass is 261 g/mol. The predicted octanol–water partition coefficient (Wildman–Crippen LogP) is 2.03. The minimum Gasteiger partial charge on any atom is -0.481 e. The van der Waals surface area contributed by atoms with E-state index in [9.17, 15) is 0 Å². The number of hydrogen-bond donors (Lipinski definition) is 0. The molecule has 0 unspecified atom stereocenters. The second-order valence-corrected chi connectivity index (χ2v) is 5.65. The van der Waals surface area contributed by atoms with Gasteiger partial charge in [0.2, 0.25) is 5.88 Å². The lowest BCUT2D eigenvalue weighted by Gasteiger charge is -2.32. The Balaban J connectivity index is 2.40. The Labute approximate surface area is 114 Å². The first-order valence-corrected chi connectivity index (χ1v) is 6.33. The van der Waals surface area contributed by atoms with Crippen LogP contribution in [0.15, 0.2) is 18.8 Å². The quantitative estimate of drug-likeness (QED) is 0.780. The molecule has 0 N–H and O–H groups in total. The number of nitrogens with zero attached hydrogens (tertiary/aromatic N) is 1. The van der Waals surface area contributed by atoms with E-state index in [1.807, 2.05) is 33.8 Å². The molecule has 19 heavy (non-hydrogen) atoms. The molecular weight excluding hydrogens is 241 g/mol. The highest BCUT2D eigenvalue weighted by Crippen LogP contribution is 2.36. The zero-order valence-electron chi connectivity index (χ0n) is 12.2. The van der Waals surface area contributed by atoms with Gasteiger partial charge in [0, 0.05) is 12.3 Å². The summed E-state index contributed by atoms with van der Waals surface area (Å²) < 4.78 is 17.2. The van der Waals surface area contributed by atoms with E-state index in [2.05, 4.69) is 11.6 Å². The fourth-order valence-corrected chi connectivity index (χ4v) is 1.92. The zero-order chi connectivity index (χ0) is 14.3. The van der Waals surface area contributed by atoms with E-state index < -0.39 is 7.12 Å². The predicted molar refractivity (Wildman–Crippen MR) is 76.6 cm³/mol. The van der Waals surface area contributed by atoms with E-state index in [1.165, 1.54) is 0 Å². The maximum absolute atomic E-state index is 6.04. The molecule has 2 rings (SSSR count). The third-order valence-electron chi connectivity index (χ3n) is 3.88. The molecule has 0 aliphatic carbocycles. The molecule has 2 heterocycles. The summed E-state index contributed by atoms with van der Waals surface area (Å²) in [6, 6.07) is 1.83. The minimum atomic E-state index is -0.435. The van der Waals surface area contributed by atoms with E-state index >= 15 is 0 Å². The first-order valence-electron chi connectivity index (χ1n) is 6.33. The van der Waals surface area contributed by atoms with Crippen LogP contribution in [0.5, 0.6) is 5.88 Å². The van der Waals surface area contributed by atoms with Crippen LogP contribution in [0, 0.1) is 0 Å². The maximum atomic E-state index is 6.04. The topological polar surface area (TPSA) is 40.6 Å². The summed E-state index contributed by atoms with van der Waals surface area (Å²) in [6.07, 6.45) is 3.46. The lowest BCUT2D eigenvalue weighted by Crippen LogP contribution is -2.41. The van der Waals surface area contributed by atoms with E-state index in [0.29, 0.717) is 5.88 Å². The average molecular weight is 261 g/mol. The molecule has 0 bridgehead atoms. The largest absolute Gasteiger partial charge is 0.495 e. The van der Waals surface area contributed by atoms with Gasteiger partial charge < -0.3 is 14.0 Å². The standard InChI is InChI=1S/C14H20BNO3/c1-7-10-9-16-12(17-6)8-11(10)15-18-13(2,3)14(4,5)19-15/h7-9H,1H2,2-6H3. The fraction of sp³-hybridized carbons (Fsp3) is 0.500. The second kappa shape index (κ2) is 4.65. The molecule has 1 aromatic heterocycles. The maximum Gasteiger partial charge on any atom is 0.495 e. The van der Waals surface area contributed by atoms with Crippen LogP contribution < -0.4 is 10.2 Å². The van der Waals surface area contributed by atoms with Crippen molar-refractivity contribution < 1.29 is 14.0 Å². The lowest BCUT2D eigenvalue weighted by atomic mass is 9.76. The molecule has 102 valence electrons. The van der Waals surface area contributed by atoms with Crippen LogP contribution in [0.4, 0.5) is 0 Å². The number of rotatable bonds is 3. The molecule has 0 radical (unpaired) electrons. The molecule has 5 heteroatoms. The van der Waals surface area contributed by atoms with Gasteiger partial charge in [0.25, 0.3) is 0 Å². The third-order valence-corrected chi connectivity index (χ3v) is 3.88. The average Bonchev–Trinajstić information content (AvgIpc) is 2.57. The van der Waals surface area contributed by atoms with Gasteiger partial charge in [0.05, 0.1) is 18.3 Å². The van der Waals surface area contributed by atoms with Crippen molar-refractivity contribution in [2.45, 2.75) is 38.9 Å². The van der Waals surface area contributed by atoms with Crippen LogP contribution in [0.25, 0.3) is 6.08 Å². The van der Waals surface area contributed by atoms with Crippen molar-refractivity contribution >= 4 is 18.7 Å². The summed E-state index contributed by atoms with van der Waals surface area (Å²) in [7, 11) is 1.15. The molecule has 1 aromatic rings. The molecule has 1 fully saturated rings. The molecule has 1 aliphatic rings. The number of methoxy groups -OCH3 is 1. The van der Waals surface area contributed by atoms with Gasteiger partial charge in [-0.2, -0.15) is 0 Å². The summed E-state index contributed by atoms with van der Waals surface area (Å²) >= 11 is 0. The molecular formula is C14H20BNO3. The van der Waals surface area contributed by atoms with Crippen molar-refractivity contribution in [3.8, 4) is 5.88 Å². The highest BCUT2D eigenvalue weighted by molar-refractivity contribution is 6.63. The molecule has 0 atom stereocenters. The summed E-state index contributed by atoms with van der Waals surface area (Å²) in [5.74, 6) is 0.537. The van der Waals surface area contributed by atoms with Crippen molar-refractivity contribution in [2.75, 3.05) is 7.11 Å². The van der Waals surface area contributed by atoms with Crippen molar-refractivity contribution in [1.82, 2.24) is 4.98 Å². The normalized spacial score (nSPS) is 20.4. The summed E-state index contributed by atoms with van der Waals surface area (Å²) in [4.78, 5) is 4.17. The van der Waals surface area contributed by atoms with Crippen LogP contribution in [0.2, 0.25) is 0 Å². The zero-order valence-corrected chi connectivity index (χ0v) is 12.2. The molecule has 1 aliphatic heterocycles. The van der Waals surface area contributed by atoms with Crippen LogP contribution >= 0.6 is 0 Å². The summed E-state index contributed by atoms with van der Waals surface area (Å²) in [5, 5.41) is 0. The first kappa shape index (κ1) is 14.1. The van der Waals surface area contributed by atoms with Crippen LogP contribution in [0.3, 0.4) is 0 Å². The fourth-order valence-electron chi connectivity index (χ4n) is 1.92. The summed E-state index contributed by atoms with van der Waals surface area (Å²) in [5.41, 5.74) is 1.04. The number of aromatic nitrogens is 1. The third kappa shape index (κ3) is 2.40. The Morgan fingerprint density at radius 3 is 2.32 bits per heavy atom. The van der Waals surface area contributed by atoms with Crippen LogP contribution in [0.1, 0.15) is 33.3 Å². The highest BCUT2D eigenvalue weighted by atomic mass is 16.7. The van der Waals surface area contributed by atoms with E-state index in [1.54, 1.807) is 19.4 Å². The summed E-state index contributed by atoms with van der Waals surface area (Å²) in [6.45, 7) is 11.9. The molecule has 0 spiro atoms. The van der Waals surface area contributed by atoms with Gasteiger partial charge in [-0.25, -0.2) is 4.98 Å². The first-order chi connectivity index (χ1) is 8.80. The van der Waals surface area contributed by atoms with Gasteiger partial charge in [0.15, 0.2) is 0 Å². The van der Waals surface area contributed by atoms with E-state index in [0.717, 1.165) is 11.0 Å². The van der Waals surface area contributed by atoms with Gasteiger partial charge in [-0.15, -0.1) is 0 Å². The SMILES string of the molecule is C=Cc1cnc(OC)cc1B1OC(C)(C)C(C)(C)O1. The number of hydrogen-bond acceptors (Lipinski definition) is 4. The van der Waals surface area contributed by atoms with Gasteiger partial charge in [-0.05, 0) is 38.7 Å². The second-order valence-electron chi connectivity index (χ2n) is 5.65. The van der Waals surface area contributed by atoms with Gasteiger partial charge in [-0.1, -0.05) is 12.7 Å². The smallest absolute Gasteiger partial charge is 0.481 e. The van der Waals surface area contributed by atoms with Crippen molar-refractivity contribution in [3.63, 3.8) is 0 Å². The van der Waals surface area contributed by atoms with Gasteiger partial charge >= 0.3 is 7.12 Å². The number of pyridine rings is 1. The minimum absolute atomic E-state index is 0.368. The van der Waals surface area contributed by atoms with Crippen molar-refractivity contribution in [3.05, 3.63) is 24.4 Å². The lowest BCUT2D eigenvalue weighted by molar-refractivity contribution is 0.00578. The molecule has 0 aromatic carbocycles. The highest BCUT2D eigenvalue weighted by Gasteiger charge is 2.52. The van der Waals surface area contributed by atoms with Crippen LogP contribution in [-0.4, -0.2) is 30.4 Å². The number of ether oxygens (including phenoxy) is 1. The molecule has 1 saturated heterocycles. The van der Waals surface area contributed by atoms with E-state index in [-0.39, 0.29) is 11.2 Å². The Morgan fingerprint density at radius 2 is 1.84 bits per heavy atom.